The highest BCUT2D eigenvalue weighted by Gasteiger charge is 2.14. The van der Waals surface area contributed by atoms with Crippen LogP contribution in [0.15, 0.2) is 45.3 Å². The molecule has 2 aromatic carbocycles. The van der Waals surface area contributed by atoms with Gasteiger partial charge in [-0.25, -0.2) is 9.78 Å². The first kappa shape index (κ1) is 13.6. The summed E-state index contributed by atoms with van der Waals surface area (Å²) in [6.07, 6.45) is 0. The summed E-state index contributed by atoms with van der Waals surface area (Å²) in [6.45, 7) is 0. The second-order valence-corrected chi connectivity index (χ2v) is 5.27. The molecule has 1 heterocycles. The van der Waals surface area contributed by atoms with Crippen LogP contribution in [0.2, 0.25) is 0 Å². The first-order chi connectivity index (χ1) is 10.1. The molecule has 106 valence electrons. The van der Waals surface area contributed by atoms with E-state index in [1.165, 1.54) is 12.1 Å². The Hall–Kier alpha value is -2.34. The summed E-state index contributed by atoms with van der Waals surface area (Å²) >= 11 is 3.37. The summed E-state index contributed by atoms with van der Waals surface area (Å²) in [5.74, 6) is 0.00829. The van der Waals surface area contributed by atoms with Crippen molar-refractivity contribution >= 4 is 33.0 Å². The van der Waals surface area contributed by atoms with Gasteiger partial charge in [-0.1, -0.05) is 15.9 Å². The van der Waals surface area contributed by atoms with E-state index in [2.05, 4.69) is 20.9 Å². The Morgan fingerprint density at radius 2 is 2.10 bits per heavy atom. The standard InChI is InChI=1S/C15H10BrNO4/c1-20-13-7-9(16)3-4-10(13)14-17-11-6-8(15(18)19)2-5-12(11)21-14/h2-7H,1H3,(H,18,19). The quantitative estimate of drug-likeness (QED) is 0.776. The average molecular weight is 348 g/mol. The minimum atomic E-state index is -0.998. The van der Waals surface area contributed by atoms with Gasteiger partial charge in [-0.05, 0) is 36.4 Å². The third-order valence-corrected chi connectivity index (χ3v) is 3.52. The van der Waals surface area contributed by atoms with E-state index in [1.807, 2.05) is 18.2 Å². The third kappa shape index (κ3) is 2.50. The van der Waals surface area contributed by atoms with Crippen molar-refractivity contribution in [3.63, 3.8) is 0 Å². The summed E-state index contributed by atoms with van der Waals surface area (Å²) in [5, 5.41) is 9.00. The lowest BCUT2D eigenvalue weighted by Crippen LogP contribution is -1.94. The summed E-state index contributed by atoms with van der Waals surface area (Å²) in [7, 11) is 1.57. The molecule has 0 aliphatic heterocycles. The van der Waals surface area contributed by atoms with Crippen molar-refractivity contribution in [3.8, 4) is 17.2 Å². The number of rotatable bonds is 3. The van der Waals surface area contributed by atoms with Gasteiger partial charge in [0, 0.05) is 4.47 Å². The van der Waals surface area contributed by atoms with Gasteiger partial charge in [0.05, 0.1) is 18.2 Å². The number of nitrogens with zero attached hydrogens (tertiary/aromatic N) is 1. The predicted molar refractivity (Wildman–Crippen MR) is 80.7 cm³/mol. The second-order valence-electron chi connectivity index (χ2n) is 4.35. The number of fused-ring (bicyclic) bond motifs is 1. The fourth-order valence-electron chi connectivity index (χ4n) is 2.02. The number of ether oxygens (including phenoxy) is 1. The minimum absolute atomic E-state index is 0.171. The van der Waals surface area contributed by atoms with E-state index in [0.717, 1.165) is 4.47 Å². The summed E-state index contributed by atoms with van der Waals surface area (Å²) < 4.78 is 11.9. The zero-order chi connectivity index (χ0) is 15.0. The van der Waals surface area contributed by atoms with E-state index in [1.54, 1.807) is 13.2 Å². The highest BCUT2D eigenvalue weighted by atomic mass is 79.9. The first-order valence-corrected chi connectivity index (χ1v) is 6.85. The number of carboxylic acid groups (broad SMARTS) is 1. The summed E-state index contributed by atoms with van der Waals surface area (Å²) in [5.41, 5.74) is 1.90. The SMILES string of the molecule is COc1cc(Br)ccc1-c1nc2cc(C(=O)O)ccc2o1. The summed E-state index contributed by atoms with van der Waals surface area (Å²) in [4.78, 5) is 15.3. The van der Waals surface area contributed by atoms with Crippen molar-refractivity contribution < 1.29 is 19.1 Å². The zero-order valence-electron chi connectivity index (χ0n) is 11.0. The van der Waals surface area contributed by atoms with Crippen molar-refractivity contribution in [1.82, 2.24) is 4.98 Å². The molecule has 1 N–H and O–H groups in total. The molecular weight excluding hydrogens is 338 g/mol. The van der Waals surface area contributed by atoms with Gasteiger partial charge in [0.1, 0.15) is 11.3 Å². The first-order valence-electron chi connectivity index (χ1n) is 6.06. The van der Waals surface area contributed by atoms with E-state index < -0.39 is 5.97 Å². The van der Waals surface area contributed by atoms with E-state index in [4.69, 9.17) is 14.3 Å². The molecule has 6 heteroatoms. The smallest absolute Gasteiger partial charge is 0.335 e. The van der Waals surface area contributed by atoms with Gasteiger partial charge < -0.3 is 14.3 Å². The number of hydrogen-bond donors (Lipinski definition) is 1. The van der Waals surface area contributed by atoms with Crippen LogP contribution in [0.1, 0.15) is 10.4 Å². The fourth-order valence-corrected chi connectivity index (χ4v) is 2.36. The lowest BCUT2D eigenvalue weighted by atomic mass is 10.2. The minimum Gasteiger partial charge on any atom is -0.496 e. The third-order valence-electron chi connectivity index (χ3n) is 3.03. The Morgan fingerprint density at radius 1 is 1.29 bits per heavy atom. The lowest BCUT2D eigenvalue weighted by molar-refractivity contribution is 0.0697. The molecule has 0 aliphatic carbocycles. The monoisotopic (exact) mass is 347 g/mol. The Morgan fingerprint density at radius 3 is 2.81 bits per heavy atom. The van der Waals surface area contributed by atoms with Gasteiger partial charge in [0.15, 0.2) is 5.58 Å². The van der Waals surface area contributed by atoms with Gasteiger partial charge in [-0.15, -0.1) is 0 Å². The molecule has 0 aliphatic rings. The largest absolute Gasteiger partial charge is 0.496 e. The van der Waals surface area contributed by atoms with Gasteiger partial charge >= 0.3 is 5.97 Å². The molecule has 0 spiro atoms. The molecule has 0 amide bonds. The Balaban J connectivity index is 2.15. The van der Waals surface area contributed by atoms with Crippen LogP contribution in [0, 0.1) is 0 Å². The second kappa shape index (κ2) is 5.21. The van der Waals surface area contributed by atoms with Gasteiger partial charge in [-0.2, -0.15) is 0 Å². The van der Waals surface area contributed by atoms with E-state index in [-0.39, 0.29) is 5.56 Å². The van der Waals surface area contributed by atoms with Crippen LogP contribution in [0.25, 0.3) is 22.6 Å². The highest BCUT2D eigenvalue weighted by Crippen LogP contribution is 2.33. The highest BCUT2D eigenvalue weighted by molar-refractivity contribution is 9.10. The zero-order valence-corrected chi connectivity index (χ0v) is 12.5. The number of oxazole rings is 1. The van der Waals surface area contributed by atoms with Crippen molar-refractivity contribution in [3.05, 3.63) is 46.4 Å². The Labute approximate surface area is 128 Å². The maximum atomic E-state index is 11.0. The lowest BCUT2D eigenvalue weighted by Gasteiger charge is -2.05. The number of hydrogen-bond acceptors (Lipinski definition) is 4. The van der Waals surface area contributed by atoms with Crippen LogP contribution in [0.4, 0.5) is 0 Å². The molecule has 0 fully saturated rings. The van der Waals surface area contributed by atoms with Crippen LogP contribution in [0.3, 0.4) is 0 Å². The number of carbonyl (C=O) groups is 1. The van der Waals surface area contributed by atoms with Crippen molar-refractivity contribution in [2.24, 2.45) is 0 Å². The van der Waals surface area contributed by atoms with E-state index in [9.17, 15) is 4.79 Å². The molecule has 3 rings (SSSR count). The topological polar surface area (TPSA) is 72.6 Å². The number of methoxy groups -OCH3 is 1. The molecule has 0 atom stereocenters. The van der Waals surface area contributed by atoms with Crippen LogP contribution in [-0.2, 0) is 0 Å². The molecule has 0 saturated carbocycles. The van der Waals surface area contributed by atoms with Gasteiger partial charge in [0.25, 0.3) is 0 Å². The number of halogens is 1. The fraction of sp³-hybridized carbons (Fsp3) is 0.0667. The predicted octanol–water partition coefficient (Wildman–Crippen LogP) is 3.96. The number of carboxylic acids is 1. The average Bonchev–Trinajstić information content (AvgIpc) is 2.89. The molecule has 3 aromatic rings. The van der Waals surface area contributed by atoms with E-state index in [0.29, 0.717) is 28.3 Å². The van der Waals surface area contributed by atoms with Gasteiger partial charge in [0.2, 0.25) is 5.89 Å². The summed E-state index contributed by atoms with van der Waals surface area (Å²) in [6, 6.07) is 10.1. The number of aromatic carboxylic acids is 1. The van der Waals surface area contributed by atoms with Crippen LogP contribution < -0.4 is 4.74 Å². The van der Waals surface area contributed by atoms with Crippen LogP contribution in [-0.4, -0.2) is 23.2 Å². The van der Waals surface area contributed by atoms with Crippen molar-refractivity contribution in [2.75, 3.05) is 7.11 Å². The molecule has 0 unspecified atom stereocenters. The van der Waals surface area contributed by atoms with Crippen molar-refractivity contribution in [1.29, 1.82) is 0 Å². The van der Waals surface area contributed by atoms with E-state index >= 15 is 0 Å². The molecule has 21 heavy (non-hydrogen) atoms. The Bertz CT molecular complexity index is 841. The number of aromatic nitrogens is 1. The molecule has 0 radical (unpaired) electrons. The van der Waals surface area contributed by atoms with Crippen LogP contribution in [0.5, 0.6) is 5.75 Å². The Kier molecular flexibility index (Phi) is 3.39. The maximum absolute atomic E-state index is 11.0. The van der Waals surface area contributed by atoms with Crippen LogP contribution >= 0.6 is 15.9 Å². The molecule has 0 saturated heterocycles. The molecule has 5 nitrogen and oxygen atoms in total. The normalized spacial score (nSPS) is 10.8. The van der Waals surface area contributed by atoms with Crippen molar-refractivity contribution in [2.45, 2.75) is 0 Å². The molecule has 0 bridgehead atoms. The van der Waals surface area contributed by atoms with Gasteiger partial charge in [-0.3, -0.25) is 0 Å². The molecule has 1 aromatic heterocycles. The number of benzene rings is 2. The molecular formula is C15H10BrNO4. The maximum Gasteiger partial charge on any atom is 0.335 e.